The SMILES string of the molecule is Cc1ccccc1N(CC(=O)NN1C(=O)NC2(CCC(C)CC2)C1=O)C(C)C. The number of benzene rings is 1. The Bertz CT molecular complexity index is 769. The first-order valence-electron chi connectivity index (χ1n) is 10.0. The summed E-state index contributed by atoms with van der Waals surface area (Å²) >= 11 is 0. The van der Waals surface area contributed by atoms with E-state index in [9.17, 15) is 14.4 Å². The first-order chi connectivity index (χ1) is 13.2. The van der Waals surface area contributed by atoms with Gasteiger partial charge in [0.2, 0.25) is 0 Å². The molecule has 1 saturated heterocycles. The van der Waals surface area contributed by atoms with Gasteiger partial charge in [0.25, 0.3) is 11.8 Å². The fourth-order valence-electron chi connectivity index (χ4n) is 4.06. The molecule has 0 atom stereocenters. The molecule has 2 fully saturated rings. The number of hydrazine groups is 1. The van der Waals surface area contributed by atoms with Crippen molar-refractivity contribution in [1.29, 1.82) is 0 Å². The van der Waals surface area contributed by atoms with Gasteiger partial charge in [0.05, 0.1) is 6.54 Å². The highest BCUT2D eigenvalue weighted by molar-refractivity contribution is 6.08. The van der Waals surface area contributed by atoms with Crippen LogP contribution in [0.4, 0.5) is 10.5 Å². The molecule has 3 rings (SSSR count). The second kappa shape index (κ2) is 7.81. The smallest absolute Gasteiger partial charge is 0.344 e. The van der Waals surface area contributed by atoms with Crippen LogP contribution in [0.3, 0.4) is 0 Å². The van der Waals surface area contributed by atoms with E-state index in [0.717, 1.165) is 29.1 Å². The first-order valence-corrected chi connectivity index (χ1v) is 10.0. The summed E-state index contributed by atoms with van der Waals surface area (Å²) in [6.45, 7) is 8.22. The van der Waals surface area contributed by atoms with E-state index in [-0.39, 0.29) is 24.4 Å². The number of anilines is 1. The molecule has 1 saturated carbocycles. The van der Waals surface area contributed by atoms with Crippen molar-refractivity contribution in [3.8, 4) is 0 Å². The maximum absolute atomic E-state index is 12.9. The predicted molar refractivity (Wildman–Crippen MR) is 108 cm³/mol. The summed E-state index contributed by atoms with van der Waals surface area (Å²) < 4.78 is 0. The minimum atomic E-state index is -0.857. The number of nitrogens with one attached hydrogen (secondary N) is 2. The zero-order chi connectivity index (χ0) is 20.5. The lowest BCUT2D eigenvalue weighted by Crippen LogP contribution is -2.53. The summed E-state index contributed by atoms with van der Waals surface area (Å²) in [4.78, 5) is 39.9. The van der Waals surface area contributed by atoms with Crippen molar-refractivity contribution in [3.63, 3.8) is 0 Å². The van der Waals surface area contributed by atoms with E-state index >= 15 is 0 Å². The molecular formula is C21H30N4O3. The van der Waals surface area contributed by atoms with Crippen LogP contribution in [0, 0.1) is 12.8 Å². The molecule has 0 unspecified atom stereocenters. The molecule has 2 N–H and O–H groups in total. The van der Waals surface area contributed by atoms with Gasteiger partial charge in [-0.3, -0.25) is 15.0 Å². The predicted octanol–water partition coefficient (Wildman–Crippen LogP) is 2.74. The van der Waals surface area contributed by atoms with Crippen molar-refractivity contribution in [2.75, 3.05) is 11.4 Å². The summed E-state index contributed by atoms with van der Waals surface area (Å²) in [6.07, 6.45) is 3.02. The van der Waals surface area contributed by atoms with Gasteiger partial charge in [-0.25, -0.2) is 4.79 Å². The lowest BCUT2D eigenvalue weighted by molar-refractivity contribution is -0.139. The number of amides is 4. The highest BCUT2D eigenvalue weighted by atomic mass is 16.2. The van der Waals surface area contributed by atoms with Crippen LogP contribution in [0.15, 0.2) is 24.3 Å². The van der Waals surface area contributed by atoms with Gasteiger partial charge in [-0.2, -0.15) is 5.01 Å². The fourth-order valence-corrected chi connectivity index (χ4v) is 4.06. The number of urea groups is 1. The molecule has 0 bridgehead atoms. The van der Waals surface area contributed by atoms with Crippen molar-refractivity contribution >= 4 is 23.5 Å². The topological polar surface area (TPSA) is 81.8 Å². The van der Waals surface area contributed by atoms with E-state index in [1.54, 1.807) is 0 Å². The third-order valence-electron chi connectivity index (χ3n) is 5.89. The number of carbonyl (C=O) groups is 3. The largest absolute Gasteiger partial charge is 0.360 e. The Morgan fingerprint density at radius 3 is 2.54 bits per heavy atom. The molecule has 1 spiro atoms. The Labute approximate surface area is 166 Å². The van der Waals surface area contributed by atoms with Crippen LogP contribution < -0.4 is 15.6 Å². The van der Waals surface area contributed by atoms with Gasteiger partial charge in [0.1, 0.15) is 5.54 Å². The van der Waals surface area contributed by atoms with Crippen molar-refractivity contribution in [2.24, 2.45) is 5.92 Å². The zero-order valence-electron chi connectivity index (χ0n) is 17.1. The van der Waals surface area contributed by atoms with Crippen LogP contribution in [0.25, 0.3) is 0 Å². The molecule has 152 valence electrons. The minimum absolute atomic E-state index is 0.0591. The Morgan fingerprint density at radius 1 is 1.29 bits per heavy atom. The number of nitrogens with zero attached hydrogens (tertiary/aromatic N) is 2. The molecule has 0 radical (unpaired) electrons. The van der Waals surface area contributed by atoms with Gasteiger partial charge < -0.3 is 10.2 Å². The van der Waals surface area contributed by atoms with Crippen molar-refractivity contribution in [2.45, 2.75) is 65.0 Å². The lowest BCUT2D eigenvalue weighted by Gasteiger charge is -2.33. The second-order valence-electron chi connectivity index (χ2n) is 8.38. The van der Waals surface area contributed by atoms with E-state index in [2.05, 4.69) is 17.7 Å². The second-order valence-corrected chi connectivity index (χ2v) is 8.38. The Hall–Kier alpha value is -2.57. The molecule has 0 aromatic heterocycles. The lowest BCUT2D eigenvalue weighted by atomic mass is 9.77. The average Bonchev–Trinajstić information content (AvgIpc) is 2.87. The van der Waals surface area contributed by atoms with Crippen LogP contribution in [0.5, 0.6) is 0 Å². The monoisotopic (exact) mass is 386 g/mol. The molecule has 7 nitrogen and oxygen atoms in total. The Kier molecular flexibility index (Phi) is 5.63. The van der Waals surface area contributed by atoms with E-state index in [1.807, 2.05) is 49.9 Å². The zero-order valence-corrected chi connectivity index (χ0v) is 17.1. The number of para-hydroxylation sites is 1. The molecular weight excluding hydrogens is 356 g/mol. The highest BCUT2D eigenvalue weighted by Gasteiger charge is 2.52. The van der Waals surface area contributed by atoms with E-state index in [1.165, 1.54) is 0 Å². The number of hydrogen-bond donors (Lipinski definition) is 2. The first kappa shape index (κ1) is 20.2. The summed E-state index contributed by atoms with van der Waals surface area (Å²) in [6, 6.07) is 7.39. The van der Waals surface area contributed by atoms with E-state index in [0.29, 0.717) is 18.8 Å². The molecule has 1 aliphatic heterocycles. The molecule has 28 heavy (non-hydrogen) atoms. The van der Waals surface area contributed by atoms with Crippen LogP contribution >= 0.6 is 0 Å². The molecule has 1 aromatic carbocycles. The summed E-state index contributed by atoms with van der Waals surface area (Å²) in [7, 11) is 0. The van der Waals surface area contributed by atoms with E-state index < -0.39 is 11.6 Å². The molecule has 2 aliphatic rings. The summed E-state index contributed by atoms with van der Waals surface area (Å²) in [5, 5.41) is 3.69. The summed E-state index contributed by atoms with van der Waals surface area (Å²) in [5.74, 6) is -0.181. The quantitative estimate of drug-likeness (QED) is 0.763. The minimum Gasteiger partial charge on any atom is -0.360 e. The number of carbonyl (C=O) groups excluding carboxylic acids is 3. The molecule has 1 aliphatic carbocycles. The van der Waals surface area contributed by atoms with Crippen molar-refractivity contribution in [1.82, 2.24) is 15.8 Å². The van der Waals surface area contributed by atoms with Crippen LogP contribution in [0.1, 0.15) is 52.0 Å². The molecule has 4 amide bonds. The fraction of sp³-hybridized carbons (Fsp3) is 0.571. The van der Waals surface area contributed by atoms with Crippen molar-refractivity contribution in [3.05, 3.63) is 29.8 Å². The van der Waals surface area contributed by atoms with Gasteiger partial charge in [0.15, 0.2) is 0 Å². The van der Waals surface area contributed by atoms with Crippen molar-refractivity contribution < 1.29 is 14.4 Å². The molecule has 1 aromatic rings. The number of aryl methyl sites for hydroxylation is 1. The normalized spacial score (nSPS) is 24.6. The average molecular weight is 386 g/mol. The number of imide groups is 1. The van der Waals surface area contributed by atoms with Crippen LogP contribution in [-0.4, -0.2) is 41.0 Å². The van der Waals surface area contributed by atoms with Gasteiger partial charge in [-0.15, -0.1) is 0 Å². The number of hydrogen-bond acceptors (Lipinski definition) is 4. The van der Waals surface area contributed by atoms with Crippen LogP contribution in [0.2, 0.25) is 0 Å². The van der Waals surface area contributed by atoms with Gasteiger partial charge in [-0.1, -0.05) is 25.1 Å². The Morgan fingerprint density at radius 2 is 1.93 bits per heavy atom. The molecule has 1 heterocycles. The molecule has 7 heteroatoms. The van der Waals surface area contributed by atoms with Crippen LogP contribution in [-0.2, 0) is 9.59 Å². The summed E-state index contributed by atoms with van der Waals surface area (Å²) in [5.41, 5.74) is 3.70. The maximum Gasteiger partial charge on any atom is 0.344 e. The third-order valence-corrected chi connectivity index (χ3v) is 5.89. The standard InChI is InChI=1S/C21H30N4O3/c1-14(2)24(17-8-6-5-7-16(17)4)13-18(26)23-25-19(27)21(22-20(25)28)11-9-15(3)10-12-21/h5-8,14-15H,9-13H2,1-4H3,(H,22,28)(H,23,26). The highest BCUT2D eigenvalue weighted by Crippen LogP contribution is 2.35. The van der Waals surface area contributed by atoms with Gasteiger partial charge in [-0.05, 0) is 64.0 Å². The Balaban J connectivity index is 1.69. The van der Waals surface area contributed by atoms with Gasteiger partial charge in [0, 0.05) is 11.7 Å². The third kappa shape index (κ3) is 3.84. The maximum atomic E-state index is 12.9. The number of rotatable bonds is 5. The van der Waals surface area contributed by atoms with E-state index in [4.69, 9.17) is 0 Å². The van der Waals surface area contributed by atoms with Gasteiger partial charge >= 0.3 is 6.03 Å².